The number of thiophene rings is 1. The Hall–Kier alpha value is -2.16. The van der Waals surface area contributed by atoms with Gasteiger partial charge in [0, 0.05) is 38.4 Å². The molecule has 1 fully saturated rings. The molecule has 2 unspecified atom stereocenters. The lowest BCUT2D eigenvalue weighted by atomic mass is 10.2. The Bertz CT molecular complexity index is 867. The summed E-state index contributed by atoms with van der Waals surface area (Å²) in [7, 11) is 0. The second kappa shape index (κ2) is 7.22. The number of nitrogens with two attached hydrogens (primary N) is 1. The van der Waals surface area contributed by atoms with Gasteiger partial charge in [-0.3, -0.25) is 10.00 Å². The van der Waals surface area contributed by atoms with Gasteiger partial charge in [-0.15, -0.1) is 11.3 Å². The van der Waals surface area contributed by atoms with E-state index in [9.17, 15) is 0 Å². The maximum absolute atomic E-state index is 6.01. The molecule has 4 N–H and O–H groups in total. The van der Waals surface area contributed by atoms with Gasteiger partial charge in [0.25, 0.3) is 0 Å². The number of pyridine rings is 1. The Balaban J connectivity index is 1.49. The molecule has 3 aromatic heterocycles. The van der Waals surface area contributed by atoms with Gasteiger partial charge in [-0.2, -0.15) is 5.10 Å². The van der Waals surface area contributed by atoms with E-state index in [1.165, 1.54) is 0 Å². The molecule has 0 aromatic carbocycles. The van der Waals surface area contributed by atoms with E-state index in [1.54, 1.807) is 17.5 Å². The van der Waals surface area contributed by atoms with E-state index < -0.39 is 0 Å². The third kappa shape index (κ3) is 3.67. The zero-order chi connectivity index (χ0) is 18.1. The van der Waals surface area contributed by atoms with Gasteiger partial charge < -0.3 is 15.8 Å². The van der Waals surface area contributed by atoms with Crippen molar-refractivity contribution in [2.75, 3.05) is 37.2 Å². The molecule has 8 heteroatoms. The fourth-order valence-electron chi connectivity index (χ4n) is 3.52. The number of morpholine rings is 1. The molecule has 0 saturated carbocycles. The summed E-state index contributed by atoms with van der Waals surface area (Å²) < 4.78 is 6.92. The second-order valence-corrected chi connectivity index (χ2v) is 7.89. The van der Waals surface area contributed by atoms with E-state index in [-0.39, 0.29) is 12.2 Å². The van der Waals surface area contributed by atoms with Crippen molar-refractivity contribution in [2.24, 2.45) is 0 Å². The average Bonchev–Trinajstić information content (AvgIpc) is 3.22. The third-order valence-corrected chi connectivity index (χ3v) is 5.69. The Labute approximate surface area is 156 Å². The lowest BCUT2D eigenvalue weighted by molar-refractivity contribution is -0.0667. The third-order valence-electron chi connectivity index (χ3n) is 4.50. The van der Waals surface area contributed by atoms with Gasteiger partial charge in [0.15, 0.2) is 0 Å². The fourth-order valence-corrected chi connectivity index (χ4v) is 4.58. The molecule has 0 bridgehead atoms. The van der Waals surface area contributed by atoms with Crippen molar-refractivity contribution in [3.63, 3.8) is 0 Å². The van der Waals surface area contributed by atoms with Crippen molar-refractivity contribution in [3.8, 4) is 10.6 Å². The fraction of sp³-hybridized carbons (Fsp3) is 0.444. The number of nitrogen functional groups attached to an aromatic ring is 1. The number of nitrogens with one attached hydrogen (secondary N) is 2. The summed E-state index contributed by atoms with van der Waals surface area (Å²) in [4.78, 5) is 8.02. The van der Waals surface area contributed by atoms with Crippen LogP contribution in [0.5, 0.6) is 0 Å². The molecule has 4 heterocycles. The molecule has 26 heavy (non-hydrogen) atoms. The van der Waals surface area contributed by atoms with Gasteiger partial charge >= 0.3 is 0 Å². The Morgan fingerprint density at radius 3 is 2.88 bits per heavy atom. The van der Waals surface area contributed by atoms with E-state index in [1.807, 2.05) is 12.1 Å². The number of rotatable bonds is 5. The second-order valence-electron chi connectivity index (χ2n) is 6.83. The quantitative estimate of drug-likeness (QED) is 0.638. The van der Waals surface area contributed by atoms with Crippen molar-refractivity contribution in [2.45, 2.75) is 26.1 Å². The van der Waals surface area contributed by atoms with Crippen LogP contribution in [0.3, 0.4) is 0 Å². The van der Waals surface area contributed by atoms with Gasteiger partial charge in [-0.25, -0.2) is 4.98 Å². The predicted octanol–water partition coefficient (Wildman–Crippen LogP) is 2.79. The number of anilines is 2. The highest BCUT2D eigenvalue weighted by molar-refractivity contribution is 7.22. The summed E-state index contributed by atoms with van der Waals surface area (Å²) in [6.07, 6.45) is 2.33. The van der Waals surface area contributed by atoms with Crippen LogP contribution in [-0.4, -0.2) is 58.5 Å². The van der Waals surface area contributed by atoms with Crippen LogP contribution in [0.15, 0.2) is 24.4 Å². The minimum Gasteiger partial charge on any atom is -0.384 e. The zero-order valence-electron chi connectivity index (χ0n) is 15.0. The minimum atomic E-state index is 0.288. The maximum Gasteiger partial charge on any atom is 0.126 e. The number of aromatic amines is 1. The maximum atomic E-state index is 6.01. The van der Waals surface area contributed by atoms with E-state index in [2.05, 4.69) is 45.3 Å². The first-order chi connectivity index (χ1) is 12.6. The molecule has 138 valence electrons. The number of nitrogens with zero attached hydrogens (tertiary/aromatic N) is 3. The van der Waals surface area contributed by atoms with Crippen LogP contribution in [0.2, 0.25) is 0 Å². The van der Waals surface area contributed by atoms with Gasteiger partial charge in [0.2, 0.25) is 0 Å². The highest BCUT2D eigenvalue weighted by Gasteiger charge is 2.21. The number of fused-ring (bicyclic) bond motifs is 1. The van der Waals surface area contributed by atoms with Crippen molar-refractivity contribution in [3.05, 3.63) is 24.4 Å². The topological polar surface area (TPSA) is 92.1 Å². The molecule has 2 atom stereocenters. The molecule has 0 aliphatic carbocycles. The highest BCUT2D eigenvalue weighted by Crippen LogP contribution is 2.36. The molecule has 1 saturated heterocycles. The Morgan fingerprint density at radius 1 is 1.35 bits per heavy atom. The van der Waals surface area contributed by atoms with Gasteiger partial charge in [-0.05, 0) is 26.0 Å². The lowest BCUT2D eigenvalue weighted by Gasteiger charge is -2.35. The molecule has 3 aromatic rings. The van der Waals surface area contributed by atoms with Crippen LogP contribution in [0.25, 0.3) is 20.8 Å². The summed E-state index contributed by atoms with van der Waals surface area (Å²) in [5.41, 5.74) is 8.96. The molecule has 0 radical (unpaired) electrons. The standard InChI is InChI=1S/C18H24N6OS/c1-11-9-24(10-12(2)25-11)6-5-20-14-8-17(19)22-15-7-16(26-18(14)15)13-3-4-21-23-13/h3-4,7-8,11-12H,5-6,9-10H2,1-2H3,(H,21,23)(H3,19,20,22). The lowest BCUT2D eigenvalue weighted by Crippen LogP contribution is -2.46. The Kier molecular flexibility index (Phi) is 4.80. The summed E-state index contributed by atoms with van der Waals surface area (Å²) >= 11 is 1.69. The van der Waals surface area contributed by atoms with Crippen LogP contribution >= 0.6 is 11.3 Å². The molecule has 1 aliphatic heterocycles. The van der Waals surface area contributed by atoms with Crippen molar-refractivity contribution < 1.29 is 4.74 Å². The van der Waals surface area contributed by atoms with Crippen LogP contribution in [0.4, 0.5) is 11.5 Å². The first-order valence-electron chi connectivity index (χ1n) is 8.90. The largest absolute Gasteiger partial charge is 0.384 e. The molecule has 0 amide bonds. The van der Waals surface area contributed by atoms with Gasteiger partial charge in [-0.1, -0.05) is 0 Å². The van der Waals surface area contributed by atoms with Crippen LogP contribution in [0, 0.1) is 0 Å². The molecular weight excluding hydrogens is 348 g/mol. The van der Waals surface area contributed by atoms with E-state index in [4.69, 9.17) is 10.5 Å². The van der Waals surface area contributed by atoms with Crippen molar-refractivity contribution in [1.82, 2.24) is 20.1 Å². The predicted molar refractivity (Wildman–Crippen MR) is 107 cm³/mol. The monoisotopic (exact) mass is 372 g/mol. The first kappa shape index (κ1) is 17.3. The summed E-state index contributed by atoms with van der Waals surface area (Å²) in [6, 6.07) is 5.93. The smallest absolute Gasteiger partial charge is 0.126 e. The number of ether oxygens (including phenoxy) is 1. The van der Waals surface area contributed by atoms with Gasteiger partial charge in [0.05, 0.1) is 38.7 Å². The molecule has 0 spiro atoms. The zero-order valence-corrected chi connectivity index (χ0v) is 15.8. The van der Waals surface area contributed by atoms with E-state index in [0.717, 1.165) is 52.7 Å². The van der Waals surface area contributed by atoms with Gasteiger partial charge in [0.1, 0.15) is 5.82 Å². The van der Waals surface area contributed by atoms with Crippen molar-refractivity contribution in [1.29, 1.82) is 0 Å². The summed E-state index contributed by atoms with van der Waals surface area (Å²) in [6.45, 7) is 8.04. The number of hydrogen-bond acceptors (Lipinski definition) is 7. The number of hydrogen-bond donors (Lipinski definition) is 3. The summed E-state index contributed by atoms with van der Waals surface area (Å²) in [5, 5.41) is 10.6. The van der Waals surface area contributed by atoms with Crippen LogP contribution < -0.4 is 11.1 Å². The SMILES string of the molecule is CC1CN(CCNc2cc(N)nc3cc(-c4ccn[nH]4)sc23)CC(C)O1. The molecule has 4 rings (SSSR count). The minimum absolute atomic E-state index is 0.288. The molecule has 1 aliphatic rings. The first-order valence-corrected chi connectivity index (χ1v) is 9.71. The molecular formula is C18H24N6OS. The van der Waals surface area contributed by atoms with E-state index >= 15 is 0 Å². The van der Waals surface area contributed by atoms with Crippen LogP contribution in [0.1, 0.15) is 13.8 Å². The average molecular weight is 372 g/mol. The number of H-pyrrole nitrogens is 1. The Morgan fingerprint density at radius 2 is 2.15 bits per heavy atom. The van der Waals surface area contributed by atoms with E-state index in [0.29, 0.717) is 5.82 Å². The number of aromatic nitrogens is 3. The van der Waals surface area contributed by atoms with Crippen molar-refractivity contribution >= 4 is 33.1 Å². The summed E-state index contributed by atoms with van der Waals surface area (Å²) in [5.74, 6) is 0.530. The van der Waals surface area contributed by atoms with Crippen LogP contribution in [-0.2, 0) is 4.74 Å². The molecule has 7 nitrogen and oxygen atoms in total. The highest BCUT2D eigenvalue weighted by atomic mass is 32.1. The normalized spacial score (nSPS) is 21.3.